The van der Waals surface area contributed by atoms with Crippen LogP contribution < -0.4 is 14.8 Å². The Morgan fingerprint density at radius 2 is 1.78 bits per heavy atom. The van der Waals surface area contributed by atoms with Gasteiger partial charge >= 0.3 is 17.6 Å². The lowest BCUT2D eigenvalue weighted by Crippen LogP contribution is -2.45. The van der Waals surface area contributed by atoms with Gasteiger partial charge in [-0.15, -0.1) is 4.73 Å². The Hall–Kier alpha value is -2.50. The molecule has 10 heteroatoms. The highest BCUT2D eigenvalue weighted by atomic mass is 35.5. The van der Waals surface area contributed by atoms with Crippen molar-refractivity contribution in [2.24, 2.45) is 0 Å². The van der Waals surface area contributed by atoms with Crippen LogP contribution in [0.25, 0.3) is 11.0 Å². The van der Waals surface area contributed by atoms with Crippen molar-refractivity contribution in [1.29, 1.82) is 5.26 Å². The Kier molecular flexibility index (Phi) is 4.63. The van der Waals surface area contributed by atoms with Gasteiger partial charge < -0.3 is 15.2 Å². The number of aromatic nitrogens is 2. The van der Waals surface area contributed by atoms with Gasteiger partial charge in [0.2, 0.25) is 5.52 Å². The van der Waals surface area contributed by atoms with E-state index in [1.165, 1.54) is 6.07 Å². The monoisotopic (exact) mass is 356 g/mol. The SMILES string of the molecule is CC(C)OC(=O)Nc1c(C#N)[n+]([O-])c2cc(Cl)c(Cl)cc2[n+]1[O-]. The van der Waals surface area contributed by atoms with Crippen LogP contribution >= 0.6 is 23.2 Å². The normalized spacial score (nSPS) is 10.6. The summed E-state index contributed by atoms with van der Waals surface area (Å²) in [7, 11) is 0. The molecule has 2 rings (SSSR count). The number of nitrogens with zero attached hydrogens (tertiary/aromatic N) is 3. The first-order chi connectivity index (χ1) is 10.8. The van der Waals surface area contributed by atoms with Crippen LogP contribution in [-0.2, 0) is 4.74 Å². The topological polar surface area (TPSA) is 116 Å². The number of carbonyl (C=O) groups excluding carboxylic acids is 1. The largest absolute Gasteiger partial charge is 0.710 e. The summed E-state index contributed by atoms with van der Waals surface area (Å²) in [5, 5.41) is 36.0. The highest BCUT2D eigenvalue weighted by Gasteiger charge is 2.30. The van der Waals surface area contributed by atoms with Crippen LogP contribution in [0.1, 0.15) is 19.5 Å². The molecule has 0 aliphatic carbocycles. The first kappa shape index (κ1) is 16.9. The van der Waals surface area contributed by atoms with E-state index < -0.39 is 23.7 Å². The molecule has 0 saturated heterocycles. The maximum absolute atomic E-state index is 12.4. The van der Waals surface area contributed by atoms with Crippen molar-refractivity contribution >= 4 is 46.1 Å². The van der Waals surface area contributed by atoms with Crippen molar-refractivity contribution in [3.8, 4) is 6.07 Å². The fourth-order valence-electron chi connectivity index (χ4n) is 1.83. The van der Waals surface area contributed by atoms with Gasteiger partial charge in [0.1, 0.15) is 6.10 Å². The molecule has 0 fully saturated rings. The van der Waals surface area contributed by atoms with E-state index >= 15 is 0 Å². The Morgan fingerprint density at radius 1 is 1.26 bits per heavy atom. The highest BCUT2D eigenvalue weighted by molar-refractivity contribution is 6.42. The Morgan fingerprint density at radius 3 is 2.26 bits per heavy atom. The summed E-state index contributed by atoms with van der Waals surface area (Å²) >= 11 is 11.7. The molecule has 1 N–H and O–H groups in total. The molecule has 23 heavy (non-hydrogen) atoms. The highest BCUT2D eigenvalue weighted by Crippen LogP contribution is 2.26. The van der Waals surface area contributed by atoms with Crippen molar-refractivity contribution < 1.29 is 19.0 Å². The minimum atomic E-state index is -0.972. The van der Waals surface area contributed by atoms with Crippen LogP contribution in [0.4, 0.5) is 10.6 Å². The molecule has 1 aromatic heterocycles. The molecule has 0 saturated carbocycles. The van der Waals surface area contributed by atoms with Crippen molar-refractivity contribution in [1.82, 2.24) is 0 Å². The second-order valence-corrected chi connectivity index (χ2v) is 5.55. The third-order valence-electron chi connectivity index (χ3n) is 2.75. The van der Waals surface area contributed by atoms with Gasteiger partial charge in [0.15, 0.2) is 6.07 Å². The van der Waals surface area contributed by atoms with Crippen LogP contribution in [0.5, 0.6) is 0 Å². The zero-order valence-corrected chi connectivity index (χ0v) is 13.5. The molecule has 0 unspecified atom stereocenters. The van der Waals surface area contributed by atoms with E-state index in [2.05, 4.69) is 5.32 Å². The van der Waals surface area contributed by atoms with Gasteiger partial charge in [-0.25, -0.2) is 4.73 Å². The van der Waals surface area contributed by atoms with E-state index in [0.717, 1.165) is 6.07 Å². The molecule has 1 aromatic carbocycles. The molecule has 0 aliphatic heterocycles. The fourth-order valence-corrected chi connectivity index (χ4v) is 2.15. The average Bonchev–Trinajstić information content (AvgIpc) is 2.46. The predicted molar refractivity (Wildman–Crippen MR) is 81.8 cm³/mol. The number of fused-ring (bicyclic) bond motifs is 1. The summed E-state index contributed by atoms with van der Waals surface area (Å²) in [5.41, 5.74) is -0.923. The van der Waals surface area contributed by atoms with Gasteiger partial charge in [-0.05, 0) is 13.8 Å². The Balaban J connectivity index is 2.69. The standard InChI is InChI=1S/C13H10Cl2N4O4/c1-6(2)23-13(20)17-12-11(5-16)18(21)9-3-7(14)8(15)4-10(9)19(12)22/h3-4,6H,1-2H3,(H,17,20). The van der Waals surface area contributed by atoms with Gasteiger partial charge in [0.05, 0.1) is 10.0 Å². The van der Waals surface area contributed by atoms with Gasteiger partial charge in [0, 0.05) is 12.1 Å². The summed E-state index contributed by atoms with van der Waals surface area (Å²) in [6.45, 7) is 3.21. The van der Waals surface area contributed by atoms with Crippen molar-refractivity contribution in [3.63, 3.8) is 0 Å². The number of amides is 1. The molecular weight excluding hydrogens is 347 g/mol. The zero-order valence-electron chi connectivity index (χ0n) is 12.0. The Labute approximate surface area is 140 Å². The minimum absolute atomic E-state index is 0.0455. The lowest BCUT2D eigenvalue weighted by atomic mass is 10.2. The number of hydrogen-bond acceptors (Lipinski definition) is 5. The summed E-state index contributed by atoms with van der Waals surface area (Å²) in [6.07, 6.45) is -1.42. The average molecular weight is 357 g/mol. The van der Waals surface area contributed by atoms with Gasteiger partial charge in [-0.1, -0.05) is 23.2 Å². The van der Waals surface area contributed by atoms with Crippen LogP contribution in [0.15, 0.2) is 12.1 Å². The number of halogens is 2. The molecule has 0 atom stereocenters. The minimum Gasteiger partial charge on any atom is -0.710 e. The number of anilines is 1. The quantitative estimate of drug-likeness (QED) is 0.654. The number of nitriles is 1. The number of rotatable bonds is 2. The number of benzene rings is 1. The third-order valence-corrected chi connectivity index (χ3v) is 3.48. The number of hydrogen-bond donors (Lipinski definition) is 1. The van der Waals surface area contributed by atoms with Crippen molar-refractivity contribution in [3.05, 3.63) is 38.3 Å². The molecule has 1 heterocycles. The smallest absolute Gasteiger partial charge is 0.505 e. The number of ether oxygens (including phenoxy) is 1. The molecule has 2 aromatic rings. The van der Waals surface area contributed by atoms with Crippen LogP contribution in [0, 0.1) is 21.7 Å². The van der Waals surface area contributed by atoms with E-state index in [4.69, 9.17) is 33.2 Å². The molecule has 0 aliphatic rings. The van der Waals surface area contributed by atoms with Gasteiger partial charge in [-0.2, -0.15) is 15.4 Å². The fraction of sp³-hybridized carbons (Fsp3) is 0.231. The van der Waals surface area contributed by atoms with Gasteiger partial charge in [-0.3, -0.25) is 0 Å². The summed E-state index contributed by atoms with van der Waals surface area (Å²) in [6, 6.07) is 3.90. The second-order valence-electron chi connectivity index (χ2n) is 4.73. The van der Waals surface area contributed by atoms with E-state index in [0.29, 0.717) is 0 Å². The molecule has 8 nitrogen and oxygen atoms in total. The van der Waals surface area contributed by atoms with E-state index in [1.54, 1.807) is 19.9 Å². The van der Waals surface area contributed by atoms with Gasteiger partial charge in [0.25, 0.3) is 5.52 Å². The summed E-state index contributed by atoms with van der Waals surface area (Å²) in [5.74, 6) is -0.556. The van der Waals surface area contributed by atoms with E-state index in [-0.39, 0.29) is 30.5 Å². The lowest BCUT2D eigenvalue weighted by molar-refractivity contribution is -0.620. The zero-order chi connectivity index (χ0) is 17.3. The van der Waals surface area contributed by atoms with Crippen molar-refractivity contribution in [2.75, 3.05) is 5.32 Å². The predicted octanol–water partition coefficient (Wildman–Crippen LogP) is 2.24. The van der Waals surface area contributed by atoms with Crippen LogP contribution in [-0.4, -0.2) is 12.2 Å². The summed E-state index contributed by atoms with van der Waals surface area (Å²) in [4.78, 5) is 11.7. The third kappa shape index (κ3) is 3.16. The summed E-state index contributed by atoms with van der Waals surface area (Å²) < 4.78 is 5.24. The molecule has 0 radical (unpaired) electrons. The molecule has 0 spiro atoms. The van der Waals surface area contributed by atoms with E-state index in [1.807, 2.05) is 0 Å². The lowest BCUT2D eigenvalue weighted by Gasteiger charge is -2.13. The maximum Gasteiger partial charge on any atom is 0.505 e. The maximum atomic E-state index is 12.4. The first-order valence-corrected chi connectivity index (χ1v) is 7.07. The molecule has 120 valence electrons. The molecule has 0 bridgehead atoms. The number of carbonyl (C=O) groups is 1. The van der Waals surface area contributed by atoms with E-state index in [9.17, 15) is 15.2 Å². The van der Waals surface area contributed by atoms with Crippen LogP contribution in [0.3, 0.4) is 0 Å². The number of nitrogens with one attached hydrogen (secondary N) is 1. The van der Waals surface area contributed by atoms with Crippen LogP contribution in [0.2, 0.25) is 10.0 Å². The first-order valence-electron chi connectivity index (χ1n) is 6.31. The molecule has 1 amide bonds. The second kappa shape index (κ2) is 6.32. The molecular formula is C13H10Cl2N4O4. The Bertz CT molecular complexity index is 848. The van der Waals surface area contributed by atoms with Crippen molar-refractivity contribution in [2.45, 2.75) is 20.0 Å².